The van der Waals surface area contributed by atoms with Gasteiger partial charge in [0.25, 0.3) is 5.56 Å². The number of para-hydroxylation sites is 1. The van der Waals surface area contributed by atoms with Crippen LogP contribution >= 0.6 is 23.1 Å². The lowest BCUT2D eigenvalue weighted by Gasteiger charge is -1.99. The molecule has 0 unspecified atom stereocenters. The number of nitrogens with zero attached hydrogens (tertiary/aromatic N) is 4. The van der Waals surface area contributed by atoms with Gasteiger partial charge in [0.15, 0.2) is 9.99 Å². The molecule has 112 valence electrons. The number of nitriles is 1. The average Bonchev–Trinajstić information content (AvgIpc) is 3.16. The molecule has 0 aliphatic rings. The monoisotopic (exact) mass is 339 g/mol. The molecule has 0 amide bonds. The molecule has 0 radical (unpaired) electrons. The topological polar surface area (TPSA) is 86.8 Å². The summed E-state index contributed by atoms with van der Waals surface area (Å²) in [6.07, 6.45) is 1.48. The third-order valence-electron chi connectivity index (χ3n) is 3.29. The fraction of sp³-hybridized carbons (Fsp3) is 0.0667. The van der Waals surface area contributed by atoms with Crippen molar-refractivity contribution in [1.82, 2.24) is 19.6 Å². The van der Waals surface area contributed by atoms with E-state index in [0.717, 1.165) is 14.6 Å². The van der Waals surface area contributed by atoms with E-state index in [9.17, 15) is 4.79 Å². The SMILES string of the molecule is N#Cc1c[nH]n2c(=O)cc(CSc3nc4ccccc4s3)nc12. The first-order valence-corrected chi connectivity index (χ1v) is 8.53. The van der Waals surface area contributed by atoms with Crippen LogP contribution in [0.5, 0.6) is 0 Å². The molecule has 0 spiro atoms. The van der Waals surface area contributed by atoms with Gasteiger partial charge in [0.1, 0.15) is 11.6 Å². The molecule has 3 aromatic heterocycles. The predicted octanol–water partition coefficient (Wildman–Crippen LogP) is 2.80. The summed E-state index contributed by atoms with van der Waals surface area (Å²) in [7, 11) is 0. The highest BCUT2D eigenvalue weighted by Gasteiger charge is 2.10. The summed E-state index contributed by atoms with van der Waals surface area (Å²) in [5.74, 6) is 0.529. The molecule has 0 bridgehead atoms. The minimum atomic E-state index is -0.226. The van der Waals surface area contributed by atoms with Crippen molar-refractivity contribution < 1.29 is 0 Å². The molecular formula is C15H9N5OS2. The van der Waals surface area contributed by atoms with Gasteiger partial charge in [-0.2, -0.15) is 5.26 Å². The molecule has 1 aromatic carbocycles. The number of nitrogens with one attached hydrogen (secondary N) is 1. The summed E-state index contributed by atoms with van der Waals surface area (Å²) in [6, 6.07) is 11.5. The smallest absolute Gasteiger partial charge is 0.272 e. The third kappa shape index (κ3) is 2.50. The molecule has 3 heterocycles. The Bertz CT molecular complexity index is 1090. The number of aromatic nitrogens is 4. The summed E-state index contributed by atoms with van der Waals surface area (Å²) >= 11 is 3.15. The number of benzene rings is 1. The Morgan fingerprint density at radius 2 is 2.22 bits per heavy atom. The molecule has 0 atom stereocenters. The van der Waals surface area contributed by atoms with Crippen LogP contribution in [0.1, 0.15) is 11.3 Å². The zero-order valence-electron chi connectivity index (χ0n) is 11.7. The fourth-order valence-corrected chi connectivity index (χ4v) is 4.19. The molecule has 23 heavy (non-hydrogen) atoms. The maximum absolute atomic E-state index is 12.0. The van der Waals surface area contributed by atoms with Gasteiger partial charge in [-0.3, -0.25) is 9.89 Å². The largest absolute Gasteiger partial charge is 0.295 e. The number of fused-ring (bicyclic) bond motifs is 2. The lowest BCUT2D eigenvalue weighted by atomic mass is 10.3. The molecular weight excluding hydrogens is 330 g/mol. The lowest BCUT2D eigenvalue weighted by molar-refractivity contribution is 0.888. The van der Waals surface area contributed by atoms with E-state index in [4.69, 9.17) is 5.26 Å². The first kappa shape index (κ1) is 14.0. The molecule has 0 fully saturated rings. The van der Waals surface area contributed by atoms with Crippen LogP contribution in [0.3, 0.4) is 0 Å². The van der Waals surface area contributed by atoms with Gasteiger partial charge in [0.2, 0.25) is 0 Å². The Balaban J connectivity index is 1.65. The summed E-state index contributed by atoms with van der Waals surface area (Å²) in [6.45, 7) is 0. The molecule has 4 rings (SSSR count). The molecule has 0 aliphatic carbocycles. The summed E-state index contributed by atoms with van der Waals surface area (Å²) in [5.41, 5.74) is 2.10. The Hall–Kier alpha value is -2.63. The minimum absolute atomic E-state index is 0.226. The van der Waals surface area contributed by atoms with Gasteiger partial charge >= 0.3 is 0 Å². The van der Waals surface area contributed by atoms with Crippen LogP contribution in [0.2, 0.25) is 0 Å². The van der Waals surface area contributed by atoms with Gasteiger partial charge in [0.05, 0.1) is 15.9 Å². The maximum atomic E-state index is 12.0. The average molecular weight is 339 g/mol. The number of hydrogen-bond donors (Lipinski definition) is 1. The van der Waals surface area contributed by atoms with E-state index in [1.165, 1.54) is 28.5 Å². The zero-order chi connectivity index (χ0) is 15.8. The Morgan fingerprint density at radius 3 is 3.04 bits per heavy atom. The van der Waals surface area contributed by atoms with Crippen molar-refractivity contribution in [2.45, 2.75) is 10.1 Å². The van der Waals surface area contributed by atoms with Crippen LogP contribution < -0.4 is 5.56 Å². The first-order valence-electron chi connectivity index (χ1n) is 6.73. The number of thiazole rings is 1. The fourth-order valence-electron chi connectivity index (χ4n) is 2.23. The van der Waals surface area contributed by atoms with Gasteiger partial charge in [-0.15, -0.1) is 11.3 Å². The van der Waals surface area contributed by atoms with Crippen molar-refractivity contribution in [2.75, 3.05) is 0 Å². The zero-order valence-corrected chi connectivity index (χ0v) is 13.3. The predicted molar refractivity (Wildman–Crippen MR) is 89.7 cm³/mol. The van der Waals surface area contributed by atoms with Crippen LogP contribution in [0.15, 0.2) is 45.7 Å². The highest BCUT2D eigenvalue weighted by Crippen LogP contribution is 2.30. The normalized spacial score (nSPS) is 11.1. The van der Waals surface area contributed by atoms with E-state index in [1.54, 1.807) is 11.3 Å². The van der Waals surface area contributed by atoms with Gasteiger partial charge in [0, 0.05) is 18.0 Å². The van der Waals surface area contributed by atoms with Gasteiger partial charge in [-0.1, -0.05) is 23.9 Å². The highest BCUT2D eigenvalue weighted by atomic mass is 32.2. The summed E-state index contributed by atoms with van der Waals surface area (Å²) < 4.78 is 3.34. The second-order valence-electron chi connectivity index (χ2n) is 4.78. The molecule has 4 aromatic rings. The van der Waals surface area contributed by atoms with Crippen molar-refractivity contribution in [3.05, 3.63) is 58.1 Å². The van der Waals surface area contributed by atoms with Crippen LogP contribution in [0.4, 0.5) is 0 Å². The van der Waals surface area contributed by atoms with Gasteiger partial charge in [-0.05, 0) is 12.1 Å². The van der Waals surface area contributed by atoms with E-state index in [0.29, 0.717) is 22.7 Å². The second-order valence-corrected chi connectivity index (χ2v) is 7.03. The van der Waals surface area contributed by atoms with Crippen molar-refractivity contribution in [1.29, 1.82) is 5.26 Å². The van der Waals surface area contributed by atoms with Crippen molar-refractivity contribution in [2.24, 2.45) is 0 Å². The van der Waals surface area contributed by atoms with Crippen LogP contribution in [0, 0.1) is 11.3 Å². The quantitative estimate of drug-likeness (QED) is 0.580. The van der Waals surface area contributed by atoms with Crippen LogP contribution in [-0.4, -0.2) is 19.6 Å². The van der Waals surface area contributed by atoms with E-state index in [1.807, 2.05) is 30.3 Å². The van der Waals surface area contributed by atoms with Crippen molar-refractivity contribution in [3.63, 3.8) is 0 Å². The number of H-pyrrole nitrogens is 1. The second kappa shape index (κ2) is 5.53. The number of aromatic amines is 1. The standard InChI is InChI=1S/C15H9N5OS2/c16-6-9-7-17-20-13(21)5-10(18-14(9)20)8-22-15-19-11-3-1-2-4-12(11)23-15/h1-5,7,17H,8H2. The molecule has 0 saturated carbocycles. The van der Waals surface area contributed by atoms with Crippen LogP contribution in [-0.2, 0) is 5.75 Å². The molecule has 1 N–H and O–H groups in total. The van der Waals surface area contributed by atoms with Crippen LogP contribution in [0.25, 0.3) is 15.9 Å². The molecule has 0 aliphatic heterocycles. The van der Waals surface area contributed by atoms with E-state index >= 15 is 0 Å². The highest BCUT2D eigenvalue weighted by molar-refractivity contribution is 8.00. The van der Waals surface area contributed by atoms with Gasteiger partial charge in [-0.25, -0.2) is 14.5 Å². The number of thioether (sulfide) groups is 1. The Kier molecular flexibility index (Phi) is 3.37. The first-order chi connectivity index (χ1) is 11.2. The molecule has 8 heteroatoms. The number of hydrogen-bond acceptors (Lipinski definition) is 6. The maximum Gasteiger partial charge on any atom is 0.272 e. The lowest BCUT2D eigenvalue weighted by Crippen LogP contribution is -2.15. The van der Waals surface area contributed by atoms with E-state index < -0.39 is 0 Å². The molecule has 6 nitrogen and oxygen atoms in total. The minimum Gasteiger partial charge on any atom is -0.295 e. The Morgan fingerprint density at radius 1 is 1.35 bits per heavy atom. The summed E-state index contributed by atoms with van der Waals surface area (Å²) in [5, 5.41) is 11.8. The van der Waals surface area contributed by atoms with Crippen molar-refractivity contribution >= 4 is 39.0 Å². The summed E-state index contributed by atoms with van der Waals surface area (Å²) in [4.78, 5) is 21.0. The number of rotatable bonds is 3. The Labute approximate surface area is 138 Å². The van der Waals surface area contributed by atoms with E-state index in [-0.39, 0.29) is 5.56 Å². The third-order valence-corrected chi connectivity index (χ3v) is 5.50. The van der Waals surface area contributed by atoms with E-state index in [2.05, 4.69) is 15.1 Å². The van der Waals surface area contributed by atoms with Gasteiger partial charge < -0.3 is 0 Å². The van der Waals surface area contributed by atoms with Crippen molar-refractivity contribution in [3.8, 4) is 6.07 Å². The molecule has 0 saturated heterocycles.